The molecule has 0 saturated heterocycles. The van der Waals surface area contributed by atoms with E-state index in [-0.39, 0.29) is 0 Å². The zero-order valence-electron chi connectivity index (χ0n) is 7.84. The summed E-state index contributed by atoms with van der Waals surface area (Å²) in [5.74, 6) is 0. The predicted octanol–water partition coefficient (Wildman–Crippen LogP) is 2.02. The highest BCUT2D eigenvalue weighted by molar-refractivity contribution is 7.16. The van der Waals surface area contributed by atoms with Crippen LogP contribution in [0.5, 0.6) is 0 Å². The number of hydrogen-bond donors (Lipinski definition) is 1. The summed E-state index contributed by atoms with van der Waals surface area (Å²) >= 11 is 1.35. The molecule has 0 bridgehead atoms. The smallest absolute Gasteiger partial charge is 0.184 e. The van der Waals surface area contributed by atoms with E-state index in [4.69, 9.17) is 5.26 Å². The number of anilines is 1. The number of nitrogens with zero attached hydrogens (tertiary/aromatic N) is 3. The van der Waals surface area contributed by atoms with Crippen LogP contribution in [0.25, 0.3) is 0 Å². The van der Waals surface area contributed by atoms with Crippen molar-refractivity contribution in [3.05, 3.63) is 41.2 Å². The molecule has 2 aromatic rings. The van der Waals surface area contributed by atoms with Crippen molar-refractivity contribution in [1.29, 1.82) is 5.26 Å². The van der Waals surface area contributed by atoms with Gasteiger partial charge in [-0.3, -0.25) is 4.98 Å². The van der Waals surface area contributed by atoms with Gasteiger partial charge in [-0.05, 0) is 17.7 Å². The van der Waals surface area contributed by atoms with Crippen LogP contribution in [0.4, 0.5) is 5.13 Å². The van der Waals surface area contributed by atoms with E-state index in [1.54, 1.807) is 18.6 Å². The average Bonchev–Trinajstić information content (AvgIpc) is 2.76. The van der Waals surface area contributed by atoms with Gasteiger partial charge >= 0.3 is 0 Å². The lowest BCUT2D eigenvalue weighted by Gasteiger charge is -2.00. The zero-order valence-corrected chi connectivity index (χ0v) is 8.66. The number of aromatic nitrogens is 2. The Kier molecular flexibility index (Phi) is 2.90. The SMILES string of the molecule is N#Cc1cnc(NCc2ccncc2)s1. The fraction of sp³-hybridized carbons (Fsp3) is 0.100. The summed E-state index contributed by atoms with van der Waals surface area (Å²) < 4.78 is 0. The molecule has 0 aliphatic carbocycles. The highest BCUT2D eigenvalue weighted by Gasteiger charge is 1.99. The van der Waals surface area contributed by atoms with Crippen molar-refractivity contribution in [3.8, 4) is 6.07 Å². The van der Waals surface area contributed by atoms with E-state index in [0.29, 0.717) is 11.4 Å². The summed E-state index contributed by atoms with van der Waals surface area (Å²) in [6, 6.07) is 5.92. The lowest BCUT2D eigenvalue weighted by atomic mass is 10.3. The first-order chi connectivity index (χ1) is 7.38. The van der Waals surface area contributed by atoms with Gasteiger partial charge in [-0.15, -0.1) is 0 Å². The van der Waals surface area contributed by atoms with Crippen molar-refractivity contribution >= 4 is 16.5 Å². The molecule has 0 unspecified atom stereocenters. The molecule has 74 valence electrons. The molecular weight excluding hydrogens is 208 g/mol. The van der Waals surface area contributed by atoms with Gasteiger partial charge in [-0.1, -0.05) is 11.3 Å². The molecule has 5 heteroatoms. The Labute approximate surface area is 91.2 Å². The molecule has 4 nitrogen and oxygen atoms in total. The summed E-state index contributed by atoms with van der Waals surface area (Å²) in [6.45, 7) is 0.695. The minimum absolute atomic E-state index is 0.618. The first-order valence-electron chi connectivity index (χ1n) is 4.37. The molecule has 0 amide bonds. The van der Waals surface area contributed by atoms with Crippen LogP contribution in [0.15, 0.2) is 30.7 Å². The summed E-state index contributed by atoms with van der Waals surface area (Å²) in [5.41, 5.74) is 1.14. The normalized spacial score (nSPS) is 9.53. The number of hydrogen-bond acceptors (Lipinski definition) is 5. The average molecular weight is 216 g/mol. The molecule has 15 heavy (non-hydrogen) atoms. The highest BCUT2D eigenvalue weighted by Crippen LogP contribution is 2.17. The van der Waals surface area contributed by atoms with Gasteiger partial charge in [0.2, 0.25) is 0 Å². The number of nitrogens with one attached hydrogen (secondary N) is 1. The highest BCUT2D eigenvalue weighted by atomic mass is 32.1. The van der Waals surface area contributed by atoms with Gasteiger partial charge in [0, 0.05) is 18.9 Å². The number of thiazole rings is 1. The lowest BCUT2D eigenvalue weighted by molar-refractivity contribution is 1.12. The summed E-state index contributed by atoms with van der Waals surface area (Å²) in [6.07, 6.45) is 5.07. The largest absolute Gasteiger partial charge is 0.357 e. The molecule has 2 rings (SSSR count). The molecule has 0 radical (unpaired) electrons. The molecule has 0 saturated carbocycles. The molecule has 0 spiro atoms. The first-order valence-corrected chi connectivity index (χ1v) is 5.19. The zero-order chi connectivity index (χ0) is 10.5. The van der Waals surface area contributed by atoms with Crippen molar-refractivity contribution in [2.45, 2.75) is 6.54 Å². The van der Waals surface area contributed by atoms with E-state index in [1.807, 2.05) is 12.1 Å². The third-order valence-electron chi connectivity index (χ3n) is 1.81. The maximum absolute atomic E-state index is 8.62. The molecule has 0 aliphatic heterocycles. The van der Waals surface area contributed by atoms with Crippen LogP contribution in [0.2, 0.25) is 0 Å². The van der Waals surface area contributed by atoms with Crippen LogP contribution in [0, 0.1) is 11.3 Å². The first kappa shape index (κ1) is 9.62. The third-order valence-corrected chi connectivity index (χ3v) is 2.67. The van der Waals surface area contributed by atoms with Crippen LogP contribution in [0.1, 0.15) is 10.4 Å². The van der Waals surface area contributed by atoms with Crippen LogP contribution in [0.3, 0.4) is 0 Å². The Bertz CT molecular complexity index is 472. The molecule has 2 aromatic heterocycles. The van der Waals surface area contributed by atoms with Crippen LogP contribution in [-0.4, -0.2) is 9.97 Å². The van der Waals surface area contributed by atoms with Gasteiger partial charge in [0.15, 0.2) is 5.13 Å². The van der Waals surface area contributed by atoms with Gasteiger partial charge in [0.1, 0.15) is 10.9 Å². The van der Waals surface area contributed by atoms with Gasteiger partial charge < -0.3 is 5.32 Å². The monoisotopic (exact) mass is 216 g/mol. The molecule has 2 heterocycles. The number of rotatable bonds is 3. The maximum atomic E-state index is 8.62. The topological polar surface area (TPSA) is 61.6 Å². The molecule has 1 N–H and O–H groups in total. The Balaban J connectivity index is 1.97. The van der Waals surface area contributed by atoms with Gasteiger partial charge in [0.25, 0.3) is 0 Å². The quantitative estimate of drug-likeness (QED) is 0.852. The molecule has 0 fully saturated rings. The van der Waals surface area contributed by atoms with E-state index in [0.717, 1.165) is 10.7 Å². The standard InChI is InChI=1S/C10H8N4S/c11-5-9-7-14-10(15-9)13-6-8-1-3-12-4-2-8/h1-4,7H,6H2,(H,13,14). The van der Waals surface area contributed by atoms with Gasteiger partial charge in [0.05, 0.1) is 6.20 Å². The summed E-state index contributed by atoms with van der Waals surface area (Å²) in [5, 5.41) is 12.5. The van der Waals surface area contributed by atoms with E-state index < -0.39 is 0 Å². The second-order valence-electron chi connectivity index (χ2n) is 2.85. The Hall–Kier alpha value is -1.93. The van der Waals surface area contributed by atoms with E-state index in [1.165, 1.54) is 11.3 Å². The van der Waals surface area contributed by atoms with Gasteiger partial charge in [-0.2, -0.15) is 5.26 Å². The molecule has 0 atom stereocenters. The molecular formula is C10H8N4S. The van der Waals surface area contributed by atoms with Crippen molar-refractivity contribution in [2.24, 2.45) is 0 Å². The van der Waals surface area contributed by atoms with Crippen molar-refractivity contribution < 1.29 is 0 Å². The van der Waals surface area contributed by atoms with Crippen LogP contribution >= 0.6 is 11.3 Å². The van der Waals surface area contributed by atoms with Crippen LogP contribution in [-0.2, 0) is 6.54 Å². The van der Waals surface area contributed by atoms with Crippen molar-refractivity contribution in [2.75, 3.05) is 5.32 Å². The number of nitriles is 1. The molecule has 0 aromatic carbocycles. The van der Waals surface area contributed by atoms with Crippen molar-refractivity contribution in [1.82, 2.24) is 9.97 Å². The Morgan fingerprint density at radius 3 is 2.87 bits per heavy atom. The molecule has 0 aliphatic rings. The Morgan fingerprint density at radius 2 is 2.20 bits per heavy atom. The van der Waals surface area contributed by atoms with Crippen LogP contribution < -0.4 is 5.32 Å². The van der Waals surface area contributed by atoms with Gasteiger partial charge in [-0.25, -0.2) is 4.98 Å². The lowest BCUT2D eigenvalue weighted by Crippen LogP contribution is -1.98. The van der Waals surface area contributed by atoms with E-state index >= 15 is 0 Å². The second kappa shape index (κ2) is 4.53. The summed E-state index contributed by atoms with van der Waals surface area (Å²) in [7, 11) is 0. The number of pyridine rings is 1. The van der Waals surface area contributed by atoms with E-state index in [9.17, 15) is 0 Å². The van der Waals surface area contributed by atoms with Crippen molar-refractivity contribution in [3.63, 3.8) is 0 Å². The Morgan fingerprint density at radius 1 is 1.40 bits per heavy atom. The third kappa shape index (κ3) is 2.51. The fourth-order valence-corrected chi connectivity index (χ4v) is 1.69. The summed E-state index contributed by atoms with van der Waals surface area (Å²) in [4.78, 5) is 8.62. The minimum Gasteiger partial charge on any atom is -0.357 e. The predicted molar refractivity (Wildman–Crippen MR) is 58.4 cm³/mol. The minimum atomic E-state index is 0.618. The fourth-order valence-electron chi connectivity index (χ4n) is 1.09. The van der Waals surface area contributed by atoms with E-state index in [2.05, 4.69) is 21.4 Å². The second-order valence-corrected chi connectivity index (χ2v) is 3.88. The maximum Gasteiger partial charge on any atom is 0.184 e.